The maximum absolute atomic E-state index is 5.11. The summed E-state index contributed by atoms with van der Waals surface area (Å²) >= 11 is 0. The molecule has 4 aromatic carbocycles. The van der Waals surface area contributed by atoms with Crippen molar-refractivity contribution in [1.29, 1.82) is 0 Å². The van der Waals surface area contributed by atoms with Crippen molar-refractivity contribution in [3.8, 4) is 0 Å². The van der Waals surface area contributed by atoms with Gasteiger partial charge >= 0.3 is 0 Å². The SMILES string of the molecule is c1cc2ccc3cc4c5c(cnc4c4ccc(c1)c2c34)C1CC2CC5CC1C2. The number of rotatable bonds is 0. The van der Waals surface area contributed by atoms with Crippen LogP contribution in [-0.4, -0.2) is 4.98 Å². The van der Waals surface area contributed by atoms with Crippen molar-refractivity contribution in [2.24, 2.45) is 11.8 Å². The summed E-state index contributed by atoms with van der Waals surface area (Å²) in [4.78, 5) is 5.11. The molecule has 0 radical (unpaired) electrons. The van der Waals surface area contributed by atoms with E-state index in [0.29, 0.717) is 0 Å². The molecule has 134 valence electrons. The average Bonchev–Trinajstić information content (AvgIpc) is 2.97. The Morgan fingerprint density at radius 3 is 2.54 bits per heavy atom. The molecule has 1 nitrogen and oxygen atoms in total. The maximum atomic E-state index is 5.11. The molecule has 0 N–H and O–H groups in total. The van der Waals surface area contributed by atoms with Gasteiger partial charge in [0, 0.05) is 17.0 Å². The predicted octanol–water partition coefficient (Wildman–Crippen LogP) is 7.13. The predicted molar refractivity (Wildman–Crippen MR) is 116 cm³/mol. The van der Waals surface area contributed by atoms with Gasteiger partial charge in [-0.15, -0.1) is 0 Å². The number of aromatic nitrogens is 1. The summed E-state index contributed by atoms with van der Waals surface area (Å²) in [5, 5.41) is 9.64. The Balaban J connectivity index is 1.57. The van der Waals surface area contributed by atoms with Gasteiger partial charge in [0.15, 0.2) is 0 Å². The number of pyridine rings is 1. The highest BCUT2D eigenvalue weighted by Gasteiger charge is 2.47. The van der Waals surface area contributed by atoms with Crippen LogP contribution in [0.5, 0.6) is 0 Å². The molecule has 8 rings (SSSR count). The van der Waals surface area contributed by atoms with Crippen LogP contribution in [0.3, 0.4) is 0 Å². The molecular weight excluding hydrogens is 338 g/mol. The maximum Gasteiger partial charge on any atom is 0.0784 e. The van der Waals surface area contributed by atoms with Crippen LogP contribution in [0, 0.1) is 11.8 Å². The monoisotopic (exact) mass is 359 g/mol. The van der Waals surface area contributed by atoms with E-state index < -0.39 is 0 Å². The zero-order chi connectivity index (χ0) is 18.0. The van der Waals surface area contributed by atoms with Gasteiger partial charge < -0.3 is 0 Å². The Labute approximate surface area is 163 Å². The van der Waals surface area contributed by atoms with E-state index in [1.165, 1.54) is 68.9 Å². The van der Waals surface area contributed by atoms with Crippen LogP contribution in [0.15, 0.2) is 54.7 Å². The topological polar surface area (TPSA) is 12.9 Å². The summed E-state index contributed by atoms with van der Waals surface area (Å²) in [5.41, 5.74) is 4.49. The molecule has 0 saturated heterocycles. The molecule has 0 aliphatic heterocycles. The molecule has 3 bridgehead atoms. The van der Waals surface area contributed by atoms with E-state index in [9.17, 15) is 0 Å². The average molecular weight is 359 g/mol. The third-order valence-electron chi connectivity index (χ3n) is 8.36. The summed E-state index contributed by atoms with van der Waals surface area (Å²) < 4.78 is 0. The Bertz CT molecular complexity index is 1430. The van der Waals surface area contributed by atoms with Gasteiger partial charge in [0.1, 0.15) is 0 Å². The number of fused-ring (bicyclic) bond motifs is 8. The molecule has 0 spiro atoms. The molecule has 1 aromatic heterocycles. The van der Waals surface area contributed by atoms with Crippen LogP contribution in [0.25, 0.3) is 43.2 Å². The van der Waals surface area contributed by atoms with Crippen molar-refractivity contribution < 1.29 is 0 Å². The summed E-state index contributed by atoms with van der Waals surface area (Å²) in [6.45, 7) is 0. The summed E-state index contributed by atoms with van der Waals surface area (Å²) in [5.74, 6) is 3.43. The minimum absolute atomic E-state index is 0.760. The van der Waals surface area contributed by atoms with Crippen LogP contribution in [-0.2, 0) is 0 Å². The van der Waals surface area contributed by atoms with Crippen molar-refractivity contribution in [2.75, 3.05) is 0 Å². The minimum Gasteiger partial charge on any atom is -0.255 e. The molecule has 4 atom stereocenters. The fraction of sp³-hybridized carbons (Fsp3) is 0.296. The van der Waals surface area contributed by atoms with E-state index in [1.807, 2.05) is 0 Å². The first kappa shape index (κ1) is 14.3. The molecule has 28 heavy (non-hydrogen) atoms. The van der Waals surface area contributed by atoms with E-state index in [-0.39, 0.29) is 0 Å². The smallest absolute Gasteiger partial charge is 0.0784 e. The molecule has 3 aliphatic rings. The van der Waals surface area contributed by atoms with Gasteiger partial charge in [-0.2, -0.15) is 0 Å². The number of benzene rings is 4. The Morgan fingerprint density at radius 2 is 1.61 bits per heavy atom. The Hall–Kier alpha value is -2.67. The number of hydrogen-bond donors (Lipinski definition) is 0. The summed E-state index contributed by atoms with van der Waals surface area (Å²) in [6.07, 6.45) is 7.98. The highest BCUT2D eigenvalue weighted by Crippen LogP contribution is 2.61. The first-order chi connectivity index (χ1) is 13.8. The normalized spacial score (nSPS) is 28.1. The van der Waals surface area contributed by atoms with Gasteiger partial charge in [-0.05, 0) is 93.5 Å². The van der Waals surface area contributed by atoms with Crippen LogP contribution < -0.4 is 0 Å². The molecule has 1 heteroatoms. The number of nitrogens with zero attached hydrogens (tertiary/aromatic N) is 1. The van der Waals surface area contributed by atoms with Gasteiger partial charge in [-0.25, -0.2) is 0 Å². The largest absolute Gasteiger partial charge is 0.255 e. The third kappa shape index (κ3) is 1.56. The fourth-order valence-electron chi connectivity index (χ4n) is 7.42. The molecular formula is C27H21N. The van der Waals surface area contributed by atoms with E-state index >= 15 is 0 Å². The standard InChI is InChI=1S/C27H21N/c1-2-15-4-5-17-12-22-25-19-9-14-8-18(11-19)21(10-14)23(25)13-28-27(22)20-7-6-16(3-1)24(15)26(17)20/h1-7,12-14,18-19,21H,8-11H2. The molecule has 3 aliphatic carbocycles. The second-order valence-corrected chi connectivity index (χ2v) is 9.63. The summed E-state index contributed by atoms with van der Waals surface area (Å²) in [6, 6.07) is 18.3. The third-order valence-corrected chi connectivity index (χ3v) is 8.36. The molecule has 4 unspecified atom stereocenters. The fourth-order valence-corrected chi connectivity index (χ4v) is 7.42. The zero-order valence-electron chi connectivity index (χ0n) is 15.8. The lowest BCUT2D eigenvalue weighted by Crippen LogP contribution is -2.23. The quantitative estimate of drug-likeness (QED) is 0.212. The van der Waals surface area contributed by atoms with E-state index in [2.05, 4.69) is 54.7 Å². The van der Waals surface area contributed by atoms with E-state index in [0.717, 1.165) is 23.7 Å². The van der Waals surface area contributed by atoms with Crippen molar-refractivity contribution >= 4 is 43.2 Å². The first-order valence-corrected chi connectivity index (χ1v) is 10.8. The van der Waals surface area contributed by atoms with Gasteiger partial charge in [-0.3, -0.25) is 4.98 Å². The molecule has 2 fully saturated rings. The lowest BCUT2D eigenvalue weighted by atomic mass is 9.68. The van der Waals surface area contributed by atoms with Crippen LogP contribution in [0.2, 0.25) is 0 Å². The van der Waals surface area contributed by atoms with Crippen molar-refractivity contribution in [3.63, 3.8) is 0 Å². The number of hydrogen-bond acceptors (Lipinski definition) is 1. The van der Waals surface area contributed by atoms with E-state index in [4.69, 9.17) is 4.98 Å². The highest BCUT2D eigenvalue weighted by atomic mass is 14.7. The van der Waals surface area contributed by atoms with Crippen LogP contribution in [0.1, 0.15) is 48.6 Å². The molecule has 0 amide bonds. The van der Waals surface area contributed by atoms with Crippen molar-refractivity contribution in [2.45, 2.75) is 37.5 Å². The van der Waals surface area contributed by atoms with Crippen molar-refractivity contribution in [1.82, 2.24) is 4.98 Å². The van der Waals surface area contributed by atoms with Gasteiger partial charge in [-0.1, -0.05) is 42.5 Å². The van der Waals surface area contributed by atoms with Crippen LogP contribution in [0.4, 0.5) is 0 Å². The molecule has 2 saturated carbocycles. The molecule has 5 aromatic rings. The lowest BCUT2D eigenvalue weighted by Gasteiger charge is -2.36. The second-order valence-electron chi connectivity index (χ2n) is 9.63. The van der Waals surface area contributed by atoms with Crippen LogP contribution >= 0.6 is 0 Å². The lowest BCUT2D eigenvalue weighted by molar-refractivity contribution is 0.298. The van der Waals surface area contributed by atoms with Gasteiger partial charge in [0.2, 0.25) is 0 Å². The van der Waals surface area contributed by atoms with Crippen molar-refractivity contribution in [3.05, 3.63) is 65.9 Å². The zero-order valence-corrected chi connectivity index (χ0v) is 15.8. The van der Waals surface area contributed by atoms with E-state index in [1.54, 1.807) is 11.1 Å². The Morgan fingerprint density at radius 1 is 0.750 bits per heavy atom. The molecule has 1 heterocycles. The van der Waals surface area contributed by atoms with Gasteiger partial charge in [0.05, 0.1) is 5.52 Å². The van der Waals surface area contributed by atoms with Gasteiger partial charge in [0.25, 0.3) is 0 Å². The first-order valence-electron chi connectivity index (χ1n) is 10.8. The minimum atomic E-state index is 0.760. The highest BCUT2D eigenvalue weighted by molar-refractivity contribution is 6.28. The summed E-state index contributed by atoms with van der Waals surface area (Å²) in [7, 11) is 0. The second kappa shape index (κ2) is 4.66. The Kier molecular flexibility index (Phi) is 2.39.